The van der Waals surface area contributed by atoms with Crippen molar-refractivity contribution >= 4 is 17.3 Å². The molecule has 126 valence electrons. The Balaban J connectivity index is 2.02. The standard InChI is InChI=1S/C18H16ClN5O/c1-10-22-23-18-17(20)21-16(11-3-5-12(19)6-4-11)14-9-13(25-2)7-8-15(14)24(10)18/h3-9,17H,20H2,1-2H3/t17-/m0/s1. The molecule has 2 heterocycles. The van der Waals surface area contributed by atoms with Crippen molar-refractivity contribution in [2.24, 2.45) is 10.7 Å². The Morgan fingerprint density at radius 2 is 1.88 bits per heavy atom. The van der Waals surface area contributed by atoms with Gasteiger partial charge in [-0.2, -0.15) is 0 Å². The summed E-state index contributed by atoms with van der Waals surface area (Å²) in [6, 6.07) is 13.3. The summed E-state index contributed by atoms with van der Waals surface area (Å²) in [7, 11) is 1.64. The molecule has 0 saturated carbocycles. The molecule has 25 heavy (non-hydrogen) atoms. The van der Waals surface area contributed by atoms with Crippen LogP contribution < -0.4 is 10.5 Å². The van der Waals surface area contributed by atoms with Gasteiger partial charge in [0, 0.05) is 16.1 Å². The summed E-state index contributed by atoms with van der Waals surface area (Å²) >= 11 is 6.03. The molecular weight excluding hydrogens is 338 g/mol. The van der Waals surface area contributed by atoms with Gasteiger partial charge in [0.1, 0.15) is 11.6 Å². The second-order valence-electron chi connectivity index (χ2n) is 5.75. The van der Waals surface area contributed by atoms with Crippen LogP contribution in [0.3, 0.4) is 0 Å². The van der Waals surface area contributed by atoms with Gasteiger partial charge in [0.2, 0.25) is 0 Å². The zero-order valence-corrected chi connectivity index (χ0v) is 14.5. The highest BCUT2D eigenvalue weighted by atomic mass is 35.5. The molecule has 4 rings (SSSR count). The molecule has 0 fully saturated rings. The van der Waals surface area contributed by atoms with E-state index in [1.807, 2.05) is 54.0 Å². The first-order valence-corrected chi connectivity index (χ1v) is 8.16. The lowest BCUT2D eigenvalue weighted by Gasteiger charge is -2.14. The maximum absolute atomic E-state index is 6.30. The fraction of sp³-hybridized carbons (Fsp3) is 0.167. The average Bonchev–Trinajstić information content (AvgIpc) is 2.95. The van der Waals surface area contributed by atoms with Gasteiger partial charge in [0.15, 0.2) is 12.0 Å². The Bertz CT molecular complexity index is 978. The third-order valence-corrected chi connectivity index (χ3v) is 4.45. The van der Waals surface area contributed by atoms with Crippen LogP contribution in [0.1, 0.15) is 28.9 Å². The number of hydrogen-bond donors (Lipinski definition) is 1. The molecule has 7 heteroatoms. The summed E-state index contributed by atoms with van der Waals surface area (Å²) in [6.07, 6.45) is -0.620. The number of nitrogens with zero attached hydrogens (tertiary/aromatic N) is 4. The Labute approximate surface area is 149 Å². The number of aromatic nitrogens is 3. The molecule has 2 N–H and O–H groups in total. The molecule has 1 aliphatic heterocycles. The van der Waals surface area contributed by atoms with Gasteiger partial charge in [-0.25, -0.2) is 0 Å². The van der Waals surface area contributed by atoms with Crippen LogP contribution in [0.2, 0.25) is 5.02 Å². The van der Waals surface area contributed by atoms with Crippen molar-refractivity contribution in [1.29, 1.82) is 0 Å². The summed E-state index contributed by atoms with van der Waals surface area (Å²) in [5.74, 6) is 2.10. The van der Waals surface area contributed by atoms with Crippen LogP contribution in [0, 0.1) is 6.92 Å². The monoisotopic (exact) mass is 353 g/mol. The van der Waals surface area contributed by atoms with Crippen LogP contribution in [0.15, 0.2) is 47.5 Å². The zero-order chi connectivity index (χ0) is 17.6. The summed E-state index contributed by atoms with van der Waals surface area (Å²) in [5, 5.41) is 9.03. The Hall–Kier alpha value is -2.70. The van der Waals surface area contributed by atoms with E-state index in [1.165, 1.54) is 0 Å². The highest BCUT2D eigenvalue weighted by molar-refractivity contribution is 6.30. The summed E-state index contributed by atoms with van der Waals surface area (Å²) in [6.45, 7) is 1.89. The molecule has 0 radical (unpaired) electrons. The molecular formula is C18H16ClN5O. The van der Waals surface area contributed by atoms with Crippen LogP contribution in [-0.4, -0.2) is 27.6 Å². The van der Waals surface area contributed by atoms with Gasteiger partial charge in [0.05, 0.1) is 18.5 Å². The van der Waals surface area contributed by atoms with Crippen molar-refractivity contribution in [3.63, 3.8) is 0 Å². The highest BCUT2D eigenvalue weighted by Gasteiger charge is 2.26. The molecule has 1 atom stereocenters. The Morgan fingerprint density at radius 1 is 1.12 bits per heavy atom. The lowest BCUT2D eigenvalue weighted by Crippen LogP contribution is -2.13. The maximum Gasteiger partial charge on any atom is 0.177 e. The first-order valence-electron chi connectivity index (χ1n) is 7.78. The summed E-state index contributed by atoms with van der Waals surface area (Å²) in [4.78, 5) is 4.72. The van der Waals surface area contributed by atoms with Crippen LogP contribution in [0.5, 0.6) is 5.75 Å². The van der Waals surface area contributed by atoms with Crippen LogP contribution >= 0.6 is 11.6 Å². The van der Waals surface area contributed by atoms with Gasteiger partial charge in [0.25, 0.3) is 0 Å². The number of aryl methyl sites for hydroxylation is 1. The molecule has 1 aromatic heterocycles. The molecule has 0 aliphatic carbocycles. The van der Waals surface area contributed by atoms with E-state index in [0.29, 0.717) is 10.8 Å². The number of methoxy groups -OCH3 is 1. The van der Waals surface area contributed by atoms with Crippen molar-refractivity contribution in [3.05, 3.63) is 70.3 Å². The van der Waals surface area contributed by atoms with Crippen molar-refractivity contribution in [2.75, 3.05) is 7.11 Å². The van der Waals surface area contributed by atoms with Gasteiger partial charge in [-0.1, -0.05) is 23.7 Å². The third-order valence-electron chi connectivity index (χ3n) is 4.20. The van der Waals surface area contributed by atoms with Crippen LogP contribution in [0.25, 0.3) is 5.69 Å². The predicted molar refractivity (Wildman–Crippen MR) is 96.7 cm³/mol. The zero-order valence-electron chi connectivity index (χ0n) is 13.8. The van der Waals surface area contributed by atoms with E-state index in [-0.39, 0.29) is 0 Å². The van der Waals surface area contributed by atoms with E-state index >= 15 is 0 Å². The van der Waals surface area contributed by atoms with Gasteiger partial charge in [-0.15, -0.1) is 10.2 Å². The van der Waals surface area contributed by atoms with Crippen molar-refractivity contribution < 1.29 is 4.74 Å². The molecule has 0 unspecified atom stereocenters. The van der Waals surface area contributed by atoms with E-state index in [2.05, 4.69) is 10.2 Å². The topological polar surface area (TPSA) is 78.3 Å². The van der Waals surface area contributed by atoms with Gasteiger partial charge >= 0.3 is 0 Å². The number of nitrogens with two attached hydrogens (primary N) is 1. The smallest absolute Gasteiger partial charge is 0.177 e. The second kappa shape index (κ2) is 5.98. The minimum absolute atomic E-state index is 0.605. The summed E-state index contributed by atoms with van der Waals surface area (Å²) < 4.78 is 7.34. The lowest BCUT2D eigenvalue weighted by atomic mass is 10.00. The van der Waals surface area contributed by atoms with Gasteiger partial charge < -0.3 is 10.5 Å². The number of aliphatic imine (C=N–C) groups is 1. The minimum atomic E-state index is -0.620. The van der Waals surface area contributed by atoms with E-state index in [0.717, 1.165) is 34.1 Å². The quantitative estimate of drug-likeness (QED) is 0.768. The molecule has 0 spiro atoms. The number of halogens is 1. The molecule has 6 nitrogen and oxygen atoms in total. The minimum Gasteiger partial charge on any atom is -0.497 e. The van der Waals surface area contributed by atoms with Crippen LogP contribution in [-0.2, 0) is 0 Å². The molecule has 2 aromatic carbocycles. The number of ether oxygens (including phenoxy) is 1. The fourth-order valence-electron chi connectivity index (χ4n) is 3.00. The number of hydrogen-bond acceptors (Lipinski definition) is 5. The highest BCUT2D eigenvalue weighted by Crippen LogP contribution is 2.31. The fourth-order valence-corrected chi connectivity index (χ4v) is 3.12. The Kier molecular flexibility index (Phi) is 3.78. The van der Waals surface area contributed by atoms with Crippen molar-refractivity contribution in [2.45, 2.75) is 13.1 Å². The molecule has 0 bridgehead atoms. The first-order chi connectivity index (χ1) is 12.1. The molecule has 1 aliphatic rings. The predicted octanol–water partition coefficient (Wildman–Crippen LogP) is 3.05. The number of fused-ring (bicyclic) bond motifs is 3. The third kappa shape index (κ3) is 2.59. The molecule has 0 saturated heterocycles. The maximum atomic E-state index is 6.30. The number of benzene rings is 2. The van der Waals surface area contributed by atoms with E-state index < -0.39 is 6.17 Å². The molecule has 0 amide bonds. The van der Waals surface area contributed by atoms with Gasteiger partial charge in [-0.05, 0) is 37.3 Å². The van der Waals surface area contributed by atoms with Crippen LogP contribution in [0.4, 0.5) is 0 Å². The van der Waals surface area contributed by atoms with Gasteiger partial charge in [-0.3, -0.25) is 9.56 Å². The normalized spacial score (nSPS) is 15.8. The van der Waals surface area contributed by atoms with E-state index in [9.17, 15) is 0 Å². The SMILES string of the molecule is COc1ccc2c(c1)C(c1ccc(Cl)cc1)=N[C@H](N)c1nnc(C)n1-2. The van der Waals surface area contributed by atoms with E-state index in [4.69, 9.17) is 27.1 Å². The molecule has 3 aromatic rings. The van der Waals surface area contributed by atoms with E-state index in [1.54, 1.807) is 7.11 Å². The largest absolute Gasteiger partial charge is 0.497 e. The Morgan fingerprint density at radius 3 is 2.60 bits per heavy atom. The second-order valence-corrected chi connectivity index (χ2v) is 6.19. The average molecular weight is 354 g/mol. The van der Waals surface area contributed by atoms with Crippen molar-refractivity contribution in [3.8, 4) is 11.4 Å². The van der Waals surface area contributed by atoms with Crippen molar-refractivity contribution in [1.82, 2.24) is 14.8 Å². The number of rotatable bonds is 2. The first kappa shape index (κ1) is 15.8. The summed E-state index contributed by atoms with van der Waals surface area (Å²) in [5.41, 5.74) is 9.81. The lowest BCUT2D eigenvalue weighted by molar-refractivity contribution is 0.414.